The number of ether oxygens (including phenoxy) is 2. The van der Waals surface area contributed by atoms with Crippen LogP contribution in [0.3, 0.4) is 0 Å². The molecule has 6 nitrogen and oxygen atoms in total. The van der Waals surface area contributed by atoms with Gasteiger partial charge in [0.25, 0.3) is 0 Å². The molecule has 6 heteroatoms. The molecule has 0 unspecified atom stereocenters. The van der Waals surface area contributed by atoms with Crippen LogP contribution in [0, 0.1) is 0 Å². The van der Waals surface area contributed by atoms with E-state index < -0.39 is 5.97 Å². The van der Waals surface area contributed by atoms with Gasteiger partial charge in [-0.15, -0.1) is 0 Å². The Balaban J connectivity index is 2.92. The Hall–Kier alpha value is -2.21. The molecule has 0 atom stereocenters. The van der Waals surface area contributed by atoms with Gasteiger partial charge < -0.3 is 14.8 Å². The molecule has 1 N–H and O–H groups in total. The molecule has 162 valence electrons. The molecular weight excluding hydrogens is 370 g/mol. The summed E-state index contributed by atoms with van der Waals surface area (Å²) in [4.78, 5) is 36.7. The summed E-state index contributed by atoms with van der Waals surface area (Å²) in [6, 6.07) is 4.78. The third kappa shape index (κ3) is 10.2. The van der Waals surface area contributed by atoms with Crippen LogP contribution in [0.25, 0.3) is 0 Å². The fourth-order valence-corrected chi connectivity index (χ4v) is 2.63. The number of ketones is 1. The van der Waals surface area contributed by atoms with Crippen molar-refractivity contribution in [1.29, 1.82) is 0 Å². The molecule has 0 aliphatic carbocycles. The Bertz CT molecular complexity index is 669. The van der Waals surface area contributed by atoms with E-state index in [1.165, 1.54) is 12.1 Å². The van der Waals surface area contributed by atoms with Gasteiger partial charge in [0.15, 0.2) is 17.3 Å². The highest BCUT2D eigenvalue weighted by Crippen LogP contribution is 2.30. The minimum Gasteiger partial charge on any atom is -0.423 e. The van der Waals surface area contributed by atoms with E-state index in [0.717, 1.165) is 38.5 Å². The van der Waals surface area contributed by atoms with Crippen LogP contribution in [-0.2, 0) is 9.59 Å². The molecule has 0 radical (unpaired) electrons. The van der Waals surface area contributed by atoms with E-state index in [9.17, 15) is 14.4 Å². The van der Waals surface area contributed by atoms with Crippen molar-refractivity contribution in [1.82, 2.24) is 5.32 Å². The van der Waals surface area contributed by atoms with E-state index in [1.807, 2.05) is 13.8 Å². The van der Waals surface area contributed by atoms with Gasteiger partial charge >= 0.3 is 11.9 Å². The highest BCUT2D eigenvalue weighted by Gasteiger charge is 2.17. The quantitative estimate of drug-likeness (QED) is 0.206. The van der Waals surface area contributed by atoms with Gasteiger partial charge in [0.1, 0.15) is 0 Å². The van der Waals surface area contributed by atoms with E-state index in [0.29, 0.717) is 12.0 Å². The molecule has 0 fully saturated rings. The van der Waals surface area contributed by atoms with Crippen molar-refractivity contribution < 1.29 is 23.9 Å². The van der Waals surface area contributed by atoms with Crippen molar-refractivity contribution in [2.24, 2.45) is 0 Å². The lowest BCUT2D eigenvalue weighted by Gasteiger charge is -2.13. The molecular formula is C23H35NO5. The predicted octanol–water partition coefficient (Wildman–Crippen LogP) is 4.84. The van der Waals surface area contributed by atoms with Gasteiger partial charge in [-0.1, -0.05) is 53.4 Å². The molecule has 1 aromatic carbocycles. The van der Waals surface area contributed by atoms with Gasteiger partial charge in [-0.3, -0.25) is 14.4 Å². The lowest BCUT2D eigenvalue weighted by molar-refractivity contribution is -0.137. The monoisotopic (exact) mass is 405 g/mol. The second-order valence-electron chi connectivity index (χ2n) is 7.48. The number of nitrogens with one attached hydrogen (secondary N) is 1. The summed E-state index contributed by atoms with van der Waals surface area (Å²) >= 11 is 0. The van der Waals surface area contributed by atoms with Crippen LogP contribution in [0.1, 0.15) is 89.4 Å². The van der Waals surface area contributed by atoms with Gasteiger partial charge in [0.05, 0.1) is 6.54 Å². The number of hydrogen-bond acceptors (Lipinski definition) is 6. The van der Waals surface area contributed by atoms with Crippen molar-refractivity contribution in [3.05, 3.63) is 23.8 Å². The van der Waals surface area contributed by atoms with E-state index in [-0.39, 0.29) is 42.3 Å². The molecule has 0 aliphatic heterocycles. The zero-order valence-electron chi connectivity index (χ0n) is 18.2. The zero-order chi connectivity index (χ0) is 21.6. The maximum absolute atomic E-state index is 12.4. The second-order valence-corrected chi connectivity index (χ2v) is 7.48. The van der Waals surface area contributed by atoms with E-state index in [1.54, 1.807) is 6.07 Å². The Morgan fingerprint density at radius 2 is 1.41 bits per heavy atom. The lowest BCUT2D eigenvalue weighted by Crippen LogP contribution is -2.29. The van der Waals surface area contributed by atoms with Crippen LogP contribution in [0.15, 0.2) is 18.2 Å². The standard InChI is InChI=1S/C23H35NO5/c1-5-7-9-11-22(26)28-20-14-13-18(19(25)16-24-17(3)4)15-21(20)29-23(27)12-10-8-6-2/h13-15,17,24H,5-12,16H2,1-4H3. The van der Waals surface area contributed by atoms with Crippen LogP contribution in [0.4, 0.5) is 0 Å². The smallest absolute Gasteiger partial charge is 0.311 e. The van der Waals surface area contributed by atoms with E-state index in [2.05, 4.69) is 19.2 Å². The molecule has 0 saturated carbocycles. The normalized spacial score (nSPS) is 10.8. The lowest BCUT2D eigenvalue weighted by atomic mass is 10.1. The number of unbranched alkanes of at least 4 members (excludes halogenated alkanes) is 4. The topological polar surface area (TPSA) is 81.7 Å². The molecule has 1 aromatic rings. The number of Topliss-reactive ketones (excluding diaryl/α,β-unsaturated/α-hetero) is 1. The summed E-state index contributed by atoms with van der Waals surface area (Å²) in [7, 11) is 0. The SMILES string of the molecule is CCCCCC(=O)Oc1ccc(C(=O)CNC(C)C)cc1OC(=O)CCCCC. The number of carbonyl (C=O) groups is 3. The molecule has 0 heterocycles. The fourth-order valence-electron chi connectivity index (χ4n) is 2.63. The van der Waals surface area contributed by atoms with E-state index >= 15 is 0 Å². The first-order valence-corrected chi connectivity index (χ1v) is 10.7. The Labute approximate surface area is 174 Å². The van der Waals surface area contributed by atoms with Crippen LogP contribution in [-0.4, -0.2) is 30.3 Å². The molecule has 0 aromatic heterocycles. The summed E-state index contributed by atoms with van der Waals surface area (Å²) < 4.78 is 10.9. The van der Waals surface area contributed by atoms with Gasteiger partial charge in [-0.2, -0.15) is 0 Å². The van der Waals surface area contributed by atoms with Gasteiger partial charge in [0, 0.05) is 24.4 Å². The van der Waals surface area contributed by atoms with Crippen molar-refractivity contribution >= 4 is 17.7 Å². The highest BCUT2D eigenvalue weighted by molar-refractivity contribution is 5.98. The van der Waals surface area contributed by atoms with Crippen LogP contribution in [0.2, 0.25) is 0 Å². The average molecular weight is 406 g/mol. The maximum atomic E-state index is 12.4. The van der Waals surface area contributed by atoms with Crippen molar-refractivity contribution in [2.45, 2.75) is 85.1 Å². The molecule has 29 heavy (non-hydrogen) atoms. The summed E-state index contributed by atoms with van der Waals surface area (Å²) in [5, 5.41) is 3.07. The van der Waals surface area contributed by atoms with Crippen molar-refractivity contribution in [3.8, 4) is 11.5 Å². The van der Waals surface area contributed by atoms with Gasteiger partial charge in [0.2, 0.25) is 0 Å². The Kier molecular flexibility index (Phi) is 11.9. The number of esters is 2. The third-order valence-corrected chi connectivity index (χ3v) is 4.35. The van der Waals surface area contributed by atoms with Crippen LogP contribution < -0.4 is 14.8 Å². The predicted molar refractivity (Wildman–Crippen MR) is 113 cm³/mol. The zero-order valence-corrected chi connectivity index (χ0v) is 18.2. The minimum atomic E-state index is -0.397. The van der Waals surface area contributed by atoms with Crippen molar-refractivity contribution in [2.75, 3.05) is 6.54 Å². The summed E-state index contributed by atoms with van der Waals surface area (Å²) in [5.74, 6) is -0.605. The Morgan fingerprint density at radius 1 is 0.862 bits per heavy atom. The number of hydrogen-bond donors (Lipinski definition) is 1. The minimum absolute atomic E-state index is 0.116. The number of benzene rings is 1. The maximum Gasteiger partial charge on any atom is 0.311 e. The summed E-state index contributed by atoms with van der Waals surface area (Å²) in [6.45, 7) is 8.21. The summed E-state index contributed by atoms with van der Waals surface area (Å²) in [6.07, 6.45) is 5.97. The number of rotatable bonds is 14. The average Bonchev–Trinajstić information content (AvgIpc) is 2.67. The second kappa shape index (κ2) is 13.9. The van der Waals surface area contributed by atoms with Gasteiger partial charge in [-0.05, 0) is 31.0 Å². The van der Waals surface area contributed by atoms with Gasteiger partial charge in [-0.25, -0.2) is 0 Å². The molecule has 1 rings (SSSR count). The molecule has 0 saturated heterocycles. The number of carbonyl (C=O) groups excluding carboxylic acids is 3. The fraction of sp³-hybridized carbons (Fsp3) is 0.609. The first kappa shape index (κ1) is 24.8. The third-order valence-electron chi connectivity index (χ3n) is 4.35. The Morgan fingerprint density at radius 3 is 1.93 bits per heavy atom. The van der Waals surface area contributed by atoms with E-state index in [4.69, 9.17) is 9.47 Å². The molecule has 0 spiro atoms. The highest BCUT2D eigenvalue weighted by atomic mass is 16.6. The summed E-state index contributed by atoms with van der Waals surface area (Å²) in [5.41, 5.74) is 0.403. The van der Waals surface area contributed by atoms with Crippen molar-refractivity contribution in [3.63, 3.8) is 0 Å². The largest absolute Gasteiger partial charge is 0.423 e. The van der Waals surface area contributed by atoms with Crippen LogP contribution in [0.5, 0.6) is 11.5 Å². The first-order valence-electron chi connectivity index (χ1n) is 10.7. The van der Waals surface area contributed by atoms with Crippen LogP contribution >= 0.6 is 0 Å². The molecule has 0 amide bonds. The molecule has 0 aliphatic rings. The first-order chi connectivity index (χ1) is 13.9. The molecule has 0 bridgehead atoms.